The van der Waals surface area contributed by atoms with Crippen LogP contribution in [0.2, 0.25) is 0 Å². The molecular weight excluding hydrogens is 390 g/mol. The fourth-order valence-corrected chi connectivity index (χ4v) is 8.15. The minimum Gasteiger partial charge on any atom is -0.446 e. The number of amides is 1. The number of fused-ring (bicyclic) bond motifs is 5. The first-order chi connectivity index (χ1) is 14.8. The average Bonchev–Trinajstić information content (AvgIpc) is 3.04. The van der Waals surface area contributed by atoms with Crippen molar-refractivity contribution in [2.24, 2.45) is 46.0 Å². The molecule has 8 unspecified atom stereocenters. The summed E-state index contributed by atoms with van der Waals surface area (Å²) < 4.78 is 5.69. The van der Waals surface area contributed by atoms with Gasteiger partial charge in [-0.3, -0.25) is 0 Å². The minimum atomic E-state index is -0.552. The Hall–Kier alpha value is -0.850. The molecule has 4 aliphatic carbocycles. The molecule has 1 amide bonds. The number of alkyl carbamates (subject to hydrolysis) is 1. The Morgan fingerprint density at radius 2 is 1.77 bits per heavy atom. The van der Waals surface area contributed by atoms with Crippen molar-refractivity contribution in [1.82, 2.24) is 5.32 Å². The van der Waals surface area contributed by atoms with Gasteiger partial charge in [-0.05, 0) is 93.4 Å². The van der Waals surface area contributed by atoms with Crippen LogP contribution in [0.5, 0.6) is 0 Å². The molecule has 4 fully saturated rings. The first-order valence-corrected chi connectivity index (χ1v) is 12.9. The van der Waals surface area contributed by atoms with Crippen LogP contribution in [0.1, 0.15) is 85.5 Å². The zero-order valence-corrected chi connectivity index (χ0v) is 20.3. The van der Waals surface area contributed by atoms with E-state index >= 15 is 0 Å². The normalized spacial score (nSPS) is 46.0. The van der Waals surface area contributed by atoms with Crippen molar-refractivity contribution in [2.75, 3.05) is 19.6 Å². The molecular formula is C25H47N3O3. The van der Waals surface area contributed by atoms with Gasteiger partial charge in [-0.25, -0.2) is 4.79 Å². The van der Waals surface area contributed by atoms with Gasteiger partial charge in [0.1, 0.15) is 6.10 Å². The summed E-state index contributed by atoms with van der Waals surface area (Å²) in [7, 11) is 0. The quantitative estimate of drug-likeness (QED) is 0.535. The molecule has 0 aromatic heterocycles. The molecule has 8 atom stereocenters. The molecule has 31 heavy (non-hydrogen) atoms. The molecule has 0 aliphatic heterocycles. The van der Waals surface area contributed by atoms with E-state index in [4.69, 9.17) is 16.2 Å². The van der Waals surface area contributed by atoms with E-state index in [0.717, 1.165) is 51.4 Å². The third-order valence-corrected chi connectivity index (χ3v) is 9.97. The van der Waals surface area contributed by atoms with Crippen LogP contribution < -0.4 is 16.8 Å². The molecule has 0 bridgehead atoms. The van der Waals surface area contributed by atoms with Crippen LogP contribution in [0.3, 0.4) is 0 Å². The van der Waals surface area contributed by atoms with Gasteiger partial charge in [0.15, 0.2) is 0 Å². The number of rotatable bonds is 4. The summed E-state index contributed by atoms with van der Waals surface area (Å²) in [5.41, 5.74) is 11.2. The molecule has 0 radical (unpaired) electrons. The summed E-state index contributed by atoms with van der Waals surface area (Å²) in [5.74, 6) is 1.99. The molecule has 0 aromatic rings. The van der Waals surface area contributed by atoms with Crippen molar-refractivity contribution in [1.29, 1.82) is 0 Å². The van der Waals surface area contributed by atoms with Crippen molar-refractivity contribution in [2.45, 2.75) is 97.2 Å². The molecule has 4 saturated carbocycles. The zero-order chi connectivity index (χ0) is 22.9. The van der Waals surface area contributed by atoms with Gasteiger partial charge < -0.3 is 26.6 Å². The largest absolute Gasteiger partial charge is 0.446 e. The van der Waals surface area contributed by atoms with Gasteiger partial charge >= 0.3 is 6.09 Å². The van der Waals surface area contributed by atoms with Gasteiger partial charge in [-0.15, -0.1) is 0 Å². The highest BCUT2D eigenvalue weighted by molar-refractivity contribution is 5.67. The molecule has 180 valence electrons. The zero-order valence-electron chi connectivity index (χ0n) is 20.3. The maximum atomic E-state index is 12.0. The number of nitrogens with one attached hydrogen (secondary N) is 1. The summed E-state index contributed by atoms with van der Waals surface area (Å²) in [6.07, 6.45) is 9.15. The predicted octanol–water partition coefficient (Wildman–Crippen LogP) is 3.80. The van der Waals surface area contributed by atoms with Gasteiger partial charge in [0.25, 0.3) is 0 Å². The van der Waals surface area contributed by atoms with Crippen molar-refractivity contribution in [3.63, 3.8) is 0 Å². The Morgan fingerprint density at radius 1 is 1.03 bits per heavy atom. The van der Waals surface area contributed by atoms with Crippen LogP contribution in [0.15, 0.2) is 0 Å². The molecule has 6 heteroatoms. The lowest BCUT2D eigenvalue weighted by molar-refractivity contribution is -0.209. The van der Waals surface area contributed by atoms with Crippen LogP contribution in [0.25, 0.3) is 0 Å². The van der Waals surface area contributed by atoms with E-state index in [9.17, 15) is 9.90 Å². The summed E-state index contributed by atoms with van der Waals surface area (Å²) in [6, 6.07) is 0. The van der Waals surface area contributed by atoms with Gasteiger partial charge in [-0.1, -0.05) is 27.7 Å². The van der Waals surface area contributed by atoms with Crippen LogP contribution in [-0.2, 0) is 4.74 Å². The molecule has 6 N–H and O–H groups in total. The van der Waals surface area contributed by atoms with E-state index in [-0.39, 0.29) is 23.0 Å². The highest BCUT2D eigenvalue weighted by Gasteiger charge is 2.66. The minimum absolute atomic E-state index is 0.00689. The number of hydrogen-bond acceptors (Lipinski definition) is 5. The van der Waals surface area contributed by atoms with E-state index in [1.165, 1.54) is 6.42 Å². The molecule has 0 saturated heterocycles. The van der Waals surface area contributed by atoms with Gasteiger partial charge in [-0.2, -0.15) is 0 Å². The van der Waals surface area contributed by atoms with Crippen LogP contribution >= 0.6 is 0 Å². The maximum absolute atomic E-state index is 12.0. The standard InChI is InChI=1S/C23H41N3O3.C2H6/c1-21-8-6-17(29-20(27)26-12-11-24)13-15(21)3-4-19-18(21)7-9-22(2)16(14-25)5-10-23(19,22)28;1-2/h15-19,28H,3-14,24-25H2,1-2H3,(H,26,27);1-2H3. The van der Waals surface area contributed by atoms with Crippen molar-refractivity contribution in [3.8, 4) is 0 Å². The van der Waals surface area contributed by atoms with E-state index in [1.54, 1.807) is 0 Å². The smallest absolute Gasteiger partial charge is 0.407 e. The third-order valence-electron chi connectivity index (χ3n) is 9.97. The fourth-order valence-electron chi connectivity index (χ4n) is 8.15. The molecule has 0 spiro atoms. The Morgan fingerprint density at radius 3 is 2.45 bits per heavy atom. The van der Waals surface area contributed by atoms with Gasteiger partial charge in [0.2, 0.25) is 0 Å². The summed E-state index contributed by atoms with van der Waals surface area (Å²) in [4.78, 5) is 12.0. The first-order valence-electron chi connectivity index (χ1n) is 12.9. The van der Waals surface area contributed by atoms with E-state index in [0.29, 0.717) is 43.3 Å². The number of nitrogens with two attached hydrogens (primary N) is 2. The summed E-state index contributed by atoms with van der Waals surface area (Å²) >= 11 is 0. The Balaban J connectivity index is 0.00000132. The summed E-state index contributed by atoms with van der Waals surface area (Å²) in [6.45, 7) is 10.3. The number of carbonyl (C=O) groups excluding carboxylic acids is 1. The Kier molecular flexibility index (Phi) is 7.65. The number of aliphatic hydroxyl groups is 1. The van der Waals surface area contributed by atoms with Gasteiger partial charge in [0, 0.05) is 18.5 Å². The Bertz CT molecular complexity index is 631. The van der Waals surface area contributed by atoms with Crippen molar-refractivity contribution >= 4 is 6.09 Å². The van der Waals surface area contributed by atoms with Gasteiger partial charge in [0.05, 0.1) is 5.60 Å². The lowest BCUT2D eigenvalue weighted by atomic mass is 9.43. The molecule has 0 aromatic carbocycles. The predicted molar refractivity (Wildman–Crippen MR) is 124 cm³/mol. The van der Waals surface area contributed by atoms with Crippen molar-refractivity contribution < 1.29 is 14.6 Å². The Labute approximate surface area is 189 Å². The van der Waals surface area contributed by atoms with Crippen LogP contribution in [-0.4, -0.2) is 42.5 Å². The number of hydrogen-bond donors (Lipinski definition) is 4. The lowest BCUT2D eigenvalue weighted by Crippen LogP contribution is -2.62. The van der Waals surface area contributed by atoms with E-state index in [1.807, 2.05) is 13.8 Å². The lowest BCUT2D eigenvalue weighted by Gasteiger charge is -2.63. The molecule has 6 nitrogen and oxygen atoms in total. The summed E-state index contributed by atoms with van der Waals surface area (Å²) in [5, 5.41) is 14.7. The van der Waals surface area contributed by atoms with E-state index in [2.05, 4.69) is 19.2 Å². The maximum Gasteiger partial charge on any atom is 0.407 e. The van der Waals surface area contributed by atoms with Crippen molar-refractivity contribution in [3.05, 3.63) is 0 Å². The highest BCUT2D eigenvalue weighted by atomic mass is 16.6. The van der Waals surface area contributed by atoms with Crippen LogP contribution in [0, 0.1) is 34.5 Å². The highest BCUT2D eigenvalue weighted by Crippen LogP contribution is 2.68. The fraction of sp³-hybridized carbons (Fsp3) is 0.960. The average molecular weight is 438 g/mol. The monoisotopic (exact) mass is 437 g/mol. The SMILES string of the molecule is CC.CC12CCC(OC(=O)NCCN)CC1CCC1C2CCC2(C)C(CN)CCC12O. The topological polar surface area (TPSA) is 111 Å². The molecule has 0 heterocycles. The molecule has 4 rings (SSSR count). The number of carbonyl (C=O) groups is 1. The molecule has 4 aliphatic rings. The third kappa shape index (κ3) is 4.02. The second-order valence-electron chi connectivity index (χ2n) is 10.9. The van der Waals surface area contributed by atoms with Crippen LogP contribution in [0.4, 0.5) is 4.79 Å². The first kappa shape index (κ1) is 24.8. The van der Waals surface area contributed by atoms with E-state index < -0.39 is 5.60 Å². The second-order valence-corrected chi connectivity index (χ2v) is 10.9. The second kappa shape index (κ2) is 9.56. The number of ether oxygens (including phenoxy) is 1.